The Kier molecular flexibility index (Phi) is 10.1. The second-order valence-electron chi connectivity index (χ2n) is 7.62. The molecule has 0 radical (unpaired) electrons. The zero-order chi connectivity index (χ0) is 19.3. The van der Waals surface area contributed by atoms with Crippen molar-refractivity contribution >= 4 is 10.8 Å². The molecule has 2 nitrogen and oxygen atoms in total. The monoisotopic (exact) mass is 370 g/mol. The maximum Gasteiger partial charge on any atom is 0.161 e. The van der Waals surface area contributed by atoms with Crippen molar-refractivity contribution in [2.75, 3.05) is 13.2 Å². The van der Waals surface area contributed by atoms with Crippen LogP contribution in [0.15, 0.2) is 30.3 Å². The summed E-state index contributed by atoms with van der Waals surface area (Å²) in [7, 11) is 0. The Balaban J connectivity index is 1.98. The molecule has 0 saturated heterocycles. The number of fused-ring (bicyclic) bond motifs is 1. The number of unbranched alkanes of at least 4 members (excludes halogenated alkanes) is 8. The van der Waals surface area contributed by atoms with Crippen molar-refractivity contribution in [2.24, 2.45) is 0 Å². The summed E-state index contributed by atoms with van der Waals surface area (Å²) in [5.41, 5.74) is 1.28. The van der Waals surface area contributed by atoms with Crippen LogP contribution in [0.5, 0.6) is 11.5 Å². The topological polar surface area (TPSA) is 18.5 Å². The zero-order valence-electron chi connectivity index (χ0n) is 17.7. The largest absolute Gasteiger partial charge is 0.490 e. The molecule has 150 valence electrons. The number of benzene rings is 2. The van der Waals surface area contributed by atoms with E-state index in [0.717, 1.165) is 37.6 Å². The van der Waals surface area contributed by atoms with Crippen molar-refractivity contribution in [1.29, 1.82) is 0 Å². The highest BCUT2D eigenvalue weighted by Crippen LogP contribution is 2.34. The SMILES string of the molecule is CCCCCCCOc1cc2cccc(C)c2cc1OCCCCCCC. The normalized spacial score (nSPS) is 11.1. The Bertz CT molecular complexity index is 663. The van der Waals surface area contributed by atoms with Crippen molar-refractivity contribution < 1.29 is 9.47 Å². The van der Waals surface area contributed by atoms with Crippen LogP contribution in [0.2, 0.25) is 0 Å². The van der Waals surface area contributed by atoms with Crippen molar-refractivity contribution in [3.05, 3.63) is 35.9 Å². The van der Waals surface area contributed by atoms with Gasteiger partial charge in [0, 0.05) is 0 Å². The van der Waals surface area contributed by atoms with E-state index in [0.29, 0.717) is 0 Å². The fourth-order valence-corrected chi connectivity index (χ4v) is 3.44. The van der Waals surface area contributed by atoms with E-state index in [1.165, 1.54) is 67.7 Å². The van der Waals surface area contributed by atoms with Crippen molar-refractivity contribution in [3.63, 3.8) is 0 Å². The molecule has 0 heterocycles. The lowest BCUT2D eigenvalue weighted by atomic mass is 10.0. The van der Waals surface area contributed by atoms with Crippen LogP contribution in [0.25, 0.3) is 10.8 Å². The molecular weight excluding hydrogens is 332 g/mol. The van der Waals surface area contributed by atoms with Crippen LogP contribution in [0.4, 0.5) is 0 Å². The second kappa shape index (κ2) is 12.6. The summed E-state index contributed by atoms with van der Waals surface area (Å²) in [4.78, 5) is 0. The Morgan fingerprint density at radius 3 is 1.81 bits per heavy atom. The Morgan fingerprint density at radius 1 is 0.667 bits per heavy atom. The van der Waals surface area contributed by atoms with Gasteiger partial charge in [0.25, 0.3) is 0 Å². The van der Waals surface area contributed by atoms with Gasteiger partial charge >= 0.3 is 0 Å². The number of hydrogen-bond acceptors (Lipinski definition) is 2. The van der Waals surface area contributed by atoms with E-state index in [2.05, 4.69) is 51.1 Å². The molecule has 0 bridgehead atoms. The Hall–Kier alpha value is -1.70. The summed E-state index contributed by atoms with van der Waals surface area (Å²) in [5.74, 6) is 1.80. The molecule has 0 saturated carbocycles. The fraction of sp³-hybridized carbons (Fsp3) is 0.600. The maximum atomic E-state index is 6.15. The molecule has 0 aliphatic heterocycles. The third kappa shape index (κ3) is 7.44. The van der Waals surface area contributed by atoms with Gasteiger partial charge in [0.15, 0.2) is 11.5 Å². The highest BCUT2D eigenvalue weighted by Gasteiger charge is 2.09. The van der Waals surface area contributed by atoms with Crippen LogP contribution >= 0.6 is 0 Å². The summed E-state index contributed by atoms with van der Waals surface area (Å²) in [6, 6.07) is 10.8. The van der Waals surface area contributed by atoms with E-state index in [1.807, 2.05) is 0 Å². The van der Waals surface area contributed by atoms with E-state index in [-0.39, 0.29) is 0 Å². The second-order valence-corrected chi connectivity index (χ2v) is 7.62. The third-order valence-electron chi connectivity index (χ3n) is 5.17. The van der Waals surface area contributed by atoms with Gasteiger partial charge in [-0.15, -0.1) is 0 Å². The summed E-state index contributed by atoms with van der Waals surface area (Å²) in [6.45, 7) is 8.20. The molecule has 2 heteroatoms. The first-order chi connectivity index (χ1) is 13.3. The maximum absolute atomic E-state index is 6.15. The van der Waals surface area contributed by atoms with Crippen LogP contribution < -0.4 is 9.47 Å². The molecule has 0 unspecified atom stereocenters. The number of hydrogen-bond donors (Lipinski definition) is 0. The van der Waals surface area contributed by atoms with E-state index in [1.54, 1.807) is 0 Å². The summed E-state index contributed by atoms with van der Waals surface area (Å²) < 4.78 is 12.3. The molecule has 0 aromatic heterocycles. The molecule has 0 amide bonds. The van der Waals surface area contributed by atoms with Crippen LogP contribution in [0, 0.1) is 6.92 Å². The predicted molar refractivity (Wildman–Crippen MR) is 117 cm³/mol. The molecule has 0 aliphatic rings. The van der Waals surface area contributed by atoms with Gasteiger partial charge in [-0.1, -0.05) is 83.4 Å². The molecule has 2 rings (SSSR count). The highest BCUT2D eigenvalue weighted by molar-refractivity contribution is 5.88. The smallest absolute Gasteiger partial charge is 0.161 e. The van der Waals surface area contributed by atoms with Crippen LogP contribution in [-0.2, 0) is 0 Å². The fourth-order valence-electron chi connectivity index (χ4n) is 3.44. The van der Waals surface area contributed by atoms with Crippen molar-refractivity contribution in [1.82, 2.24) is 0 Å². The van der Waals surface area contributed by atoms with Crippen LogP contribution in [0.1, 0.15) is 83.6 Å². The van der Waals surface area contributed by atoms with Crippen LogP contribution in [-0.4, -0.2) is 13.2 Å². The van der Waals surface area contributed by atoms with Gasteiger partial charge in [-0.3, -0.25) is 0 Å². The highest BCUT2D eigenvalue weighted by atomic mass is 16.5. The lowest BCUT2D eigenvalue weighted by molar-refractivity contribution is 0.259. The van der Waals surface area contributed by atoms with Crippen LogP contribution in [0.3, 0.4) is 0 Å². The minimum atomic E-state index is 0.772. The summed E-state index contributed by atoms with van der Waals surface area (Å²) in [5, 5.41) is 2.49. The minimum absolute atomic E-state index is 0.772. The zero-order valence-corrected chi connectivity index (χ0v) is 17.7. The van der Waals surface area contributed by atoms with Crippen molar-refractivity contribution in [2.45, 2.75) is 85.0 Å². The first kappa shape index (κ1) is 21.6. The quantitative estimate of drug-likeness (QED) is 0.315. The molecule has 0 atom stereocenters. The first-order valence-electron chi connectivity index (χ1n) is 11.0. The van der Waals surface area contributed by atoms with Gasteiger partial charge < -0.3 is 9.47 Å². The number of ether oxygens (including phenoxy) is 2. The van der Waals surface area contributed by atoms with Gasteiger partial charge in [0.05, 0.1) is 13.2 Å². The van der Waals surface area contributed by atoms with Gasteiger partial charge in [-0.05, 0) is 48.2 Å². The lowest BCUT2D eigenvalue weighted by Gasteiger charge is -2.15. The average Bonchev–Trinajstić information content (AvgIpc) is 2.68. The molecule has 2 aromatic rings. The molecule has 27 heavy (non-hydrogen) atoms. The minimum Gasteiger partial charge on any atom is -0.490 e. The third-order valence-corrected chi connectivity index (χ3v) is 5.17. The average molecular weight is 371 g/mol. The lowest BCUT2D eigenvalue weighted by Crippen LogP contribution is -2.03. The van der Waals surface area contributed by atoms with Gasteiger partial charge in [0.1, 0.15) is 0 Å². The van der Waals surface area contributed by atoms with Gasteiger partial charge in [0.2, 0.25) is 0 Å². The Labute approximate surface area is 166 Å². The van der Waals surface area contributed by atoms with Gasteiger partial charge in [-0.25, -0.2) is 0 Å². The molecule has 0 aliphatic carbocycles. The standard InChI is InChI=1S/C25H38O2/c1-4-6-8-10-12-17-26-24-19-22-16-14-15-21(3)23(22)20-25(24)27-18-13-11-9-7-5-2/h14-16,19-20H,4-13,17-18H2,1-3H3. The van der Waals surface area contributed by atoms with E-state index >= 15 is 0 Å². The molecule has 2 aromatic carbocycles. The van der Waals surface area contributed by atoms with E-state index in [9.17, 15) is 0 Å². The van der Waals surface area contributed by atoms with E-state index < -0.39 is 0 Å². The predicted octanol–water partition coefficient (Wildman–Crippen LogP) is 7.85. The number of rotatable bonds is 14. The molecule has 0 spiro atoms. The first-order valence-corrected chi connectivity index (χ1v) is 11.0. The Morgan fingerprint density at radius 2 is 1.22 bits per heavy atom. The van der Waals surface area contributed by atoms with Gasteiger partial charge in [-0.2, -0.15) is 0 Å². The summed E-state index contributed by atoms with van der Waals surface area (Å²) in [6.07, 6.45) is 12.5. The molecule has 0 fully saturated rings. The van der Waals surface area contributed by atoms with E-state index in [4.69, 9.17) is 9.47 Å². The molecular formula is C25H38O2. The summed E-state index contributed by atoms with van der Waals surface area (Å²) >= 11 is 0. The number of aryl methyl sites for hydroxylation is 1. The molecule has 0 N–H and O–H groups in total. The van der Waals surface area contributed by atoms with Crippen molar-refractivity contribution in [3.8, 4) is 11.5 Å².